The number of benzene rings is 3. The van der Waals surface area contributed by atoms with Crippen molar-refractivity contribution in [3.63, 3.8) is 0 Å². The van der Waals surface area contributed by atoms with Crippen LogP contribution in [0.2, 0.25) is 0 Å². The molecule has 1 heterocycles. The second-order valence-corrected chi connectivity index (χ2v) is 7.19. The molecule has 0 saturated carbocycles. The standard InChI is InChI=1S/C24H22N2O3/c1-24(26-16-18-9-3-6-12-22(18)28)14-20(19-10-4-7-13-23(19)29-24)25-15-17-8-2-5-11-21(17)27/h2-13,15-16,20,27-28H,14H2,1H3/t20-,24+/m0/s1. The van der Waals surface area contributed by atoms with Crippen molar-refractivity contribution in [2.75, 3.05) is 0 Å². The Morgan fingerprint density at radius 3 is 2.14 bits per heavy atom. The number of rotatable bonds is 4. The van der Waals surface area contributed by atoms with Crippen LogP contribution in [0.3, 0.4) is 0 Å². The largest absolute Gasteiger partial charge is 0.507 e. The number of nitrogens with zero attached hydrogens (tertiary/aromatic N) is 2. The van der Waals surface area contributed by atoms with Gasteiger partial charge in [-0.25, -0.2) is 4.99 Å². The lowest BCUT2D eigenvalue weighted by Crippen LogP contribution is -2.36. The van der Waals surface area contributed by atoms with Crippen LogP contribution in [0.1, 0.15) is 36.1 Å². The number of aliphatic imine (C=N–C) groups is 2. The fourth-order valence-corrected chi connectivity index (χ4v) is 3.38. The molecule has 5 heteroatoms. The Kier molecular flexibility index (Phi) is 5.04. The summed E-state index contributed by atoms with van der Waals surface area (Å²) >= 11 is 0. The number of aromatic hydroxyl groups is 2. The fraction of sp³-hybridized carbons (Fsp3) is 0.167. The predicted octanol–water partition coefficient (Wildman–Crippen LogP) is 4.88. The summed E-state index contributed by atoms with van der Waals surface area (Å²) in [7, 11) is 0. The first-order valence-electron chi connectivity index (χ1n) is 9.46. The highest BCUT2D eigenvalue weighted by molar-refractivity contribution is 5.84. The Balaban J connectivity index is 1.65. The van der Waals surface area contributed by atoms with Gasteiger partial charge < -0.3 is 14.9 Å². The number of hydrogen-bond donors (Lipinski definition) is 2. The highest BCUT2D eigenvalue weighted by Crippen LogP contribution is 2.42. The average molecular weight is 386 g/mol. The van der Waals surface area contributed by atoms with E-state index in [-0.39, 0.29) is 17.5 Å². The Hall–Kier alpha value is -3.60. The molecule has 0 aliphatic carbocycles. The summed E-state index contributed by atoms with van der Waals surface area (Å²) in [5.74, 6) is 1.09. The number of phenols is 2. The van der Waals surface area contributed by atoms with Gasteiger partial charge in [-0.1, -0.05) is 42.5 Å². The molecule has 0 saturated heterocycles. The topological polar surface area (TPSA) is 74.4 Å². The maximum absolute atomic E-state index is 10.0. The molecule has 0 aromatic heterocycles. The summed E-state index contributed by atoms with van der Waals surface area (Å²) in [6.07, 6.45) is 3.85. The number of ether oxygens (including phenoxy) is 1. The Bertz CT molecular complexity index is 1080. The van der Waals surface area contributed by atoms with E-state index in [0.717, 1.165) is 11.3 Å². The summed E-state index contributed by atoms with van der Waals surface area (Å²) in [6, 6.07) is 21.7. The average Bonchev–Trinajstić information content (AvgIpc) is 2.72. The monoisotopic (exact) mass is 386 g/mol. The normalized spacial score (nSPS) is 21.2. The van der Waals surface area contributed by atoms with Gasteiger partial charge >= 0.3 is 0 Å². The number of para-hydroxylation sites is 3. The molecule has 0 unspecified atom stereocenters. The maximum Gasteiger partial charge on any atom is 0.199 e. The molecule has 3 aromatic carbocycles. The lowest BCUT2D eigenvalue weighted by Gasteiger charge is -2.35. The van der Waals surface area contributed by atoms with E-state index in [1.165, 1.54) is 0 Å². The van der Waals surface area contributed by atoms with Crippen LogP contribution in [-0.2, 0) is 0 Å². The van der Waals surface area contributed by atoms with Gasteiger partial charge in [0.1, 0.15) is 17.2 Å². The van der Waals surface area contributed by atoms with Gasteiger partial charge in [-0.2, -0.15) is 0 Å². The molecule has 2 atom stereocenters. The number of phenolic OH excluding ortho intramolecular Hbond substituents is 2. The lowest BCUT2D eigenvalue weighted by atomic mass is 9.94. The van der Waals surface area contributed by atoms with Gasteiger partial charge in [0.05, 0.1) is 6.04 Å². The van der Waals surface area contributed by atoms with Crippen molar-refractivity contribution < 1.29 is 14.9 Å². The van der Waals surface area contributed by atoms with Gasteiger partial charge in [-0.3, -0.25) is 4.99 Å². The molecule has 1 aliphatic rings. The molecule has 0 fully saturated rings. The molecule has 0 bridgehead atoms. The van der Waals surface area contributed by atoms with E-state index in [2.05, 4.69) is 4.99 Å². The van der Waals surface area contributed by atoms with Gasteiger partial charge in [-0.15, -0.1) is 0 Å². The highest BCUT2D eigenvalue weighted by Gasteiger charge is 2.36. The second-order valence-electron chi connectivity index (χ2n) is 7.19. The first-order chi connectivity index (χ1) is 14.0. The van der Waals surface area contributed by atoms with Crippen molar-refractivity contribution in [2.24, 2.45) is 9.98 Å². The van der Waals surface area contributed by atoms with Crippen LogP contribution in [0.5, 0.6) is 17.2 Å². The van der Waals surface area contributed by atoms with Crippen molar-refractivity contribution in [2.45, 2.75) is 25.1 Å². The third kappa shape index (κ3) is 4.14. The molecular formula is C24H22N2O3. The fourth-order valence-electron chi connectivity index (χ4n) is 3.38. The molecular weight excluding hydrogens is 364 g/mol. The molecule has 146 valence electrons. The van der Waals surface area contributed by atoms with Crippen molar-refractivity contribution in [3.05, 3.63) is 89.5 Å². The van der Waals surface area contributed by atoms with Crippen LogP contribution in [0.25, 0.3) is 0 Å². The number of fused-ring (bicyclic) bond motifs is 1. The van der Waals surface area contributed by atoms with Crippen molar-refractivity contribution >= 4 is 12.4 Å². The second kappa shape index (κ2) is 7.80. The minimum absolute atomic E-state index is 0.171. The summed E-state index contributed by atoms with van der Waals surface area (Å²) in [4.78, 5) is 9.37. The highest BCUT2D eigenvalue weighted by atomic mass is 16.5. The van der Waals surface area contributed by atoms with Gasteiger partial charge in [0, 0.05) is 35.5 Å². The molecule has 0 spiro atoms. The van der Waals surface area contributed by atoms with Crippen LogP contribution in [-0.4, -0.2) is 28.4 Å². The quantitative estimate of drug-likeness (QED) is 0.628. The SMILES string of the molecule is C[C@]1(N=Cc2ccccc2O)C[C@H](N=Cc2ccccc2O)c2ccccc2O1. The molecule has 0 amide bonds. The maximum atomic E-state index is 10.0. The van der Waals surface area contributed by atoms with Gasteiger partial charge in [0.15, 0.2) is 5.72 Å². The van der Waals surface area contributed by atoms with E-state index in [0.29, 0.717) is 17.5 Å². The Morgan fingerprint density at radius 2 is 1.45 bits per heavy atom. The summed E-state index contributed by atoms with van der Waals surface area (Å²) in [5, 5.41) is 20.0. The summed E-state index contributed by atoms with van der Waals surface area (Å²) in [6.45, 7) is 1.90. The Morgan fingerprint density at radius 1 is 0.862 bits per heavy atom. The van der Waals surface area contributed by atoms with Gasteiger partial charge in [-0.05, 0) is 37.3 Å². The molecule has 29 heavy (non-hydrogen) atoms. The molecule has 1 aliphatic heterocycles. The lowest BCUT2D eigenvalue weighted by molar-refractivity contribution is 0.0642. The van der Waals surface area contributed by atoms with Crippen LogP contribution in [0, 0.1) is 0 Å². The molecule has 4 rings (SSSR count). The Labute approximate surface area is 169 Å². The first-order valence-corrected chi connectivity index (χ1v) is 9.46. The molecule has 3 aromatic rings. The van der Waals surface area contributed by atoms with Crippen molar-refractivity contribution in [1.82, 2.24) is 0 Å². The first kappa shape index (κ1) is 18.7. The van der Waals surface area contributed by atoms with E-state index in [1.54, 1.807) is 42.8 Å². The number of hydrogen-bond acceptors (Lipinski definition) is 5. The van der Waals surface area contributed by atoms with E-state index < -0.39 is 5.72 Å². The van der Waals surface area contributed by atoms with Crippen LogP contribution in [0.4, 0.5) is 0 Å². The van der Waals surface area contributed by atoms with E-state index in [4.69, 9.17) is 9.73 Å². The summed E-state index contributed by atoms with van der Waals surface area (Å²) in [5.41, 5.74) is 1.44. The van der Waals surface area contributed by atoms with Crippen LogP contribution >= 0.6 is 0 Å². The van der Waals surface area contributed by atoms with E-state index >= 15 is 0 Å². The zero-order valence-corrected chi connectivity index (χ0v) is 16.1. The van der Waals surface area contributed by atoms with Crippen molar-refractivity contribution in [1.29, 1.82) is 0 Å². The molecule has 0 radical (unpaired) electrons. The third-order valence-corrected chi connectivity index (χ3v) is 4.92. The van der Waals surface area contributed by atoms with Gasteiger partial charge in [0.25, 0.3) is 0 Å². The summed E-state index contributed by atoms with van der Waals surface area (Å²) < 4.78 is 6.18. The van der Waals surface area contributed by atoms with Gasteiger partial charge in [0.2, 0.25) is 0 Å². The van der Waals surface area contributed by atoms with Crippen LogP contribution in [0.15, 0.2) is 82.8 Å². The minimum atomic E-state index is -0.836. The molecule has 2 N–H and O–H groups in total. The zero-order valence-electron chi connectivity index (χ0n) is 16.1. The van der Waals surface area contributed by atoms with Crippen molar-refractivity contribution in [3.8, 4) is 17.2 Å². The van der Waals surface area contributed by atoms with E-state index in [9.17, 15) is 10.2 Å². The smallest absolute Gasteiger partial charge is 0.199 e. The third-order valence-electron chi connectivity index (χ3n) is 4.92. The zero-order chi connectivity index (χ0) is 20.3. The van der Waals surface area contributed by atoms with Crippen LogP contribution < -0.4 is 4.74 Å². The predicted molar refractivity (Wildman–Crippen MR) is 114 cm³/mol. The minimum Gasteiger partial charge on any atom is -0.507 e. The van der Waals surface area contributed by atoms with E-state index in [1.807, 2.05) is 49.4 Å². The molecule has 5 nitrogen and oxygen atoms in total.